The van der Waals surface area contributed by atoms with Crippen molar-refractivity contribution in [1.82, 2.24) is 9.62 Å². The van der Waals surface area contributed by atoms with E-state index in [1.807, 2.05) is 0 Å². The van der Waals surface area contributed by atoms with Gasteiger partial charge >= 0.3 is 0 Å². The lowest BCUT2D eigenvalue weighted by Crippen LogP contribution is -2.28. The summed E-state index contributed by atoms with van der Waals surface area (Å²) in [5.74, 6) is -0.838. The van der Waals surface area contributed by atoms with Crippen molar-refractivity contribution in [3.63, 3.8) is 0 Å². The van der Waals surface area contributed by atoms with Crippen molar-refractivity contribution in [2.24, 2.45) is 0 Å². The van der Waals surface area contributed by atoms with Gasteiger partial charge in [-0.05, 0) is 42.7 Å². The van der Waals surface area contributed by atoms with E-state index in [1.165, 1.54) is 29.2 Å². The summed E-state index contributed by atoms with van der Waals surface area (Å²) in [5.41, 5.74) is 0.752. The summed E-state index contributed by atoms with van der Waals surface area (Å²) in [6, 6.07) is 8.09. The second kappa shape index (κ2) is 7.75. The highest BCUT2D eigenvalue weighted by Gasteiger charge is 2.30. The quantitative estimate of drug-likeness (QED) is 0.756. The zero-order valence-corrected chi connectivity index (χ0v) is 16.7. The Morgan fingerprint density at radius 1 is 1.19 bits per heavy atom. The maximum absolute atomic E-state index is 13.0. The molecule has 0 saturated heterocycles. The summed E-state index contributed by atoms with van der Waals surface area (Å²) < 4.78 is 40.5. The number of carbonyl (C=O) groups excluding carboxylic acids is 1. The Bertz CT molecular complexity index is 977. The van der Waals surface area contributed by atoms with E-state index in [-0.39, 0.29) is 38.9 Å². The smallest absolute Gasteiger partial charge is 0.255 e. The van der Waals surface area contributed by atoms with Gasteiger partial charge in [-0.2, -0.15) is 0 Å². The summed E-state index contributed by atoms with van der Waals surface area (Å²) in [4.78, 5) is 14.0. The number of nitrogens with one attached hydrogen (secondary N) is 1. The Morgan fingerprint density at radius 3 is 2.41 bits per heavy atom. The van der Waals surface area contributed by atoms with Crippen LogP contribution in [0.5, 0.6) is 0 Å². The molecular weight excluding hydrogens is 414 g/mol. The Balaban J connectivity index is 1.87. The van der Waals surface area contributed by atoms with Crippen molar-refractivity contribution in [1.29, 1.82) is 0 Å². The van der Waals surface area contributed by atoms with Crippen molar-refractivity contribution < 1.29 is 17.6 Å². The lowest BCUT2D eigenvalue weighted by molar-refractivity contribution is 0.0785. The molecule has 144 valence electrons. The standard InChI is InChI=1S/C18H17Cl2FN2O3S/c1-23(10-11-2-4-12(21)5-3-11)18(24)14-8-17(16(20)9-15(14)19)27(25,26)22-13-6-7-13/h2-5,8-9,13,22H,6-7,10H2,1H3. The van der Waals surface area contributed by atoms with E-state index >= 15 is 0 Å². The molecule has 0 spiro atoms. The number of amides is 1. The molecule has 2 aromatic carbocycles. The maximum atomic E-state index is 13.0. The van der Waals surface area contributed by atoms with Gasteiger partial charge in [-0.1, -0.05) is 35.3 Å². The average Bonchev–Trinajstić information content (AvgIpc) is 3.39. The number of sulfonamides is 1. The second-order valence-electron chi connectivity index (χ2n) is 6.45. The highest BCUT2D eigenvalue weighted by atomic mass is 35.5. The molecule has 1 amide bonds. The van der Waals surface area contributed by atoms with Gasteiger partial charge in [0.15, 0.2) is 0 Å². The van der Waals surface area contributed by atoms with Gasteiger partial charge in [0.25, 0.3) is 5.91 Å². The van der Waals surface area contributed by atoms with Gasteiger partial charge in [0, 0.05) is 19.6 Å². The molecule has 0 unspecified atom stereocenters. The van der Waals surface area contributed by atoms with Crippen molar-refractivity contribution in [2.75, 3.05) is 7.05 Å². The SMILES string of the molecule is CN(Cc1ccc(F)cc1)C(=O)c1cc(S(=O)(=O)NC2CC2)c(Cl)cc1Cl. The molecule has 1 aliphatic rings. The Labute approximate surface area is 167 Å². The van der Waals surface area contributed by atoms with E-state index in [0.29, 0.717) is 0 Å². The number of hydrogen-bond donors (Lipinski definition) is 1. The normalized spacial score (nSPS) is 14.2. The summed E-state index contributed by atoms with van der Waals surface area (Å²) in [6.07, 6.45) is 1.55. The van der Waals surface area contributed by atoms with Crippen LogP contribution in [0.15, 0.2) is 41.3 Å². The number of rotatable bonds is 6. The van der Waals surface area contributed by atoms with Crippen molar-refractivity contribution in [3.05, 3.63) is 63.4 Å². The lowest BCUT2D eigenvalue weighted by Gasteiger charge is -2.19. The molecule has 2 aromatic rings. The second-order valence-corrected chi connectivity index (χ2v) is 8.94. The van der Waals surface area contributed by atoms with Gasteiger partial charge < -0.3 is 4.90 Å². The van der Waals surface area contributed by atoms with Gasteiger partial charge in [-0.15, -0.1) is 0 Å². The lowest BCUT2D eigenvalue weighted by atomic mass is 10.1. The number of carbonyl (C=O) groups is 1. The number of benzene rings is 2. The van der Waals surface area contributed by atoms with Crippen LogP contribution < -0.4 is 4.72 Å². The minimum absolute atomic E-state index is 0.0295. The van der Waals surface area contributed by atoms with Crippen molar-refractivity contribution in [3.8, 4) is 0 Å². The molecule has 5 nitrogen and oxygen atoms in total. The largest absolute Gasteiger partial charge is 0.337 e. The van der Waals surface area contributed by atoms with Crippen LogP contribution in [0.3, 0.4) is 0 Å². The van der Waals surface area contributed by atoms with Crippen LogP contribution in [0.4, 0.5) is 4.39 Å². The van der Waals surface area contributed by atoms with E-state index in [4.69, 9.17) is 23.2 Å². The van der Waals surface area contributed by atoms with Gasteiger partial charge in [0.1, 0.15) is 10.7 Å². The predicted octanol–water partition coefficient (Wildman–Crippen LogP) is 3.85. The van der Waals surface area contributed by atoms with Crippen LogP contribution in [-0.4, -0.2) is 32.3 Å². The number of nitrogens with zero attached hydrogens (tertiary/aromatic N) is 1. The van der Waals surface area contributed by atoms with E-state index < -0.39 is 15.9 Å². The monoisotopic (exact) mass is 430 g/mol. The van der Waals surface area contributed by atoms with Crippen molar-refractivity contribution in [2.45, 2.75) is 30.3 Å². The first-order valence-corrected chi connectivity index (χ1v) is 10.4. The van der Waals surface area contributed by atoms with Gasteiger partial charge in [-0.25, -0.2) is 17.5 Å². The molecule has 1 saturated carbocycles. The summed E-state index contributed by atoms with van der Waals surface area (Å²) >= 11 is 12.2. The molecule has 0 radical (unpaired) electrons. The van der Waals surface area contributed by atoms with Gasteiger partial charge in [-0.3, -0.25) is 4.79 Å². The molecule has 0 aliphatic heterocycles. The Kier molecular flexibility index (Phi) is 5.76. The molecule has 27 heavy (non-hydrogen) atoms. The maximum Gasteiger partial charge on any atom is 0.255 e. The molecule has 1 N–H and O–H groups in total. The fourth-order valence-electron chi connectivity index (χ4n) is 2.52. The highest BCUT2D eigenvalue weighted by molar-refractivity contribution is 7.89. The number of hydrogen-bond acceptors (Lipinski definition) is 3. The third-order valence-corrected chi connectivity index (χ3v) is 6.42. The van der Waals surface area contributed by atoms with Crippen LogP contribution in [0, 0.1) is 5.82 Å². The zero-order chi connectivity index (χ0) is 19.8. The van der Waals surface area contributed by atoms with E-state index in [2.05, 4.69) is 4.72 Å². The predicted molar refractivity (Wildman–Crippen MR) is 102 cm³/mol. The van der Waals surface area contributed by atoms with E-state index in [1.54, 1.807) is 19.2 Å². The minimum atomic E-state index is -3.84. The van der Waals surface area contributed by atoms with Crippen LogP contribution in [-0.2, 0) is 16.6 Å². The molecule has 1 fully saturated rings. The molecule has 0 heterocycles. The third-order valence-electron chi connectivity index (χ3n) is 4.12. The molecular formula is C18H17Cl2FN2O3S. The van der Waals surface area contributed by atoms with Gasteiger partial charge in [0.05, 0.1) is 15.6 Å². The molecule has 9 heteroatoms. The van der Waals surface area contributed by atoms with E-state index in [0.717, 1.165) is 18.4 Å². The first-order valence-electron chi connectivity index (χ1n) is 8.18. The van der Waals surface area contributed by atoms with Crippen molar-refractivity contribution >= 4 is 39.1 Å². The van der Waals surface area contributed by atoms with Gasteiger partial charge in [0.2, 0.25) is 10.0 Å². The minimum Gasteiger partial charge on any atom is -0.337 e. The molecule has 0 bridgehead atoms. The zero-order valence-electron chi connectivity index (χ0n) is 14.4. The first kappa shape index (κ1) is 20.1. The fraction of sp³-hybridized carbons (Fsp3) is 0.278. The highest BCUT2D eigenvalue weighted by Crippen LogP contribution is 2.31. The first-order chi connectivity index (χ1) is 12.7. The Hall–Kier alpha value is -1.67. The van der Waals surface area contributed by atoms with Crippen LogP contribution >= 0.6 is 23.2 Å². The average molecular weight is 431 g/mol. The fourth-order valence-corrected chi connectivity index (χ4v) is 4.68. The number of halogens is 3. The summed E-state index contributed by atoms with van der Waals surface area (Å²) in [6.45, 7) is 0.209. The summed E-state index contributed by atoms with van der Waals surface area (Å²) in [7, 11) is -2.29. The molecule has 0 atom stereocenters. The molecule has 3 rings (SSSR count). The molecule has 1 aliphatic carbocycles. The Morgan fingerprint density at radius 2 is 1.81 bits per heavy atom. The van der Waals surface area contributed by atoms with E-state index in [9.17, 15) is 17.6 Å². The van der Waals surface area contributed by atoms with Crippen LogP contribution in [0.1, 0.15) is 28.8 Å². The summed E-state index contributed by atoms with van der Waals surface area (Å²) in [5, 5.41) is 0.00668. The van der Waals surface area contributed by atoms with Crippen LogP contribution in [0.2, 0.25) is 10.0 Å². The van der Waals surface area contributed by atoms with Crippen LogP contribution in [0.25, 0.3) is 0 Å². The topological polar surface area (TPSA) is 66.5 Å². The third kappa shape index (κ3) is 4.79. The molecule has 0 aromatic heterocycles.